The summed E-state index contributed by atoms with van der Waals surface area (Å²) >= 11 is 1.31. The van der Waals surface area contributed by atoms with E-state index in [1.165, 1.54) is 11.8 Å². The number of hydrogen-bond donors (Lipinski definition) is 2. The monoisotopic (exact) mass is 278 g/mol. The third-order valence-electron chi connectivity index (χ3n) is 2.83. The third kappa shape index (κ3) is 2.69. The van der Waals surface area contributed by atoms with Crippen LogP contribution in [0.3, 0.4) is 0 Å². The highest BCUT2D eigenvalue weighted by molar-refractivity contribution is 7.99. The van der Waals surface area contributed by atoms with Crippen molar-refractivity contribution >= 4 is 11.8 Å². The van der Waals surface area contributed by atoms with Gasteiger partial charge in [-0.2, -0.15) is 0 Å². The van der Waals surface area contributed by atoms with Crippen molar-refractivity contribution in [3.8, 4) is 0 Å². The Morgan fingerprint density at radius 1 is 1.47 bits per heavy atom. The summed E-state index contributed by atoms with van der Waals surface area (Å²) in [6.45, 7) is 0.736. The number of aromatic nitrogens is 5. The lowest BCUT2D eigenvalue weighted by molar-refractivity contribution is 0.641. The summed E-state index contributed by atoms with van der Waals surface area (Å²) in [7, 11) is 1.88. The number of rotatable bonds is 5. The summed E-state index contributed by atoms with van der Waals surface area (Å²) in [5, 5.41) is 10.8. The molecule has 0 radical (unpaired) electrons. The second kappa shape index (κ2) is 5.14. The summed E-state index contributed by atoms with van der Waals surface area (Å²) in [4.78, 5) is 20.2. The van der Waals surface area contributed by atoms with Crippen LogP contribution in [0.5, 0.6) is 0 Å². The lowest BCUT2D eigenvalue weighted by Gasteiger charge is -2.03. The van der Waals surface area contributed by atoms with Gasteiger partial charge in [0.25, 0.3) is 0 Å². The van der Waals surface area contributed by atoms with E-state index in [4.69, 9.17) is 0 Å². The van der Waals surface area contributed by atoms with Gasteiger partial charge in [0.15, 0.2) is 10.3 Å². The van der Waals surface area contributed by atoms with Gasteiger partial charge in [0, 0.05) is 30.5 Å². The minimum Gasteiger partial charge on any atom is -0.316 e. The maximum absolute atomic E-state index is 11.6. The first-order chi connectivity index (χ1) is 9.28. The molecular formula is C11H14N6OS. The molecule has 1 aliphatic carbocycles. The maximum Gasteiger partial charge on any atom is 0.344 e. The molecule has 0 unspecified atom stereocenters. The van der Waals surface area contributed by atoms with E-state index in [0.29, 0.717) is 10.3 Å². The molecule has 2 aromatic rings. The van der Waals surface area contributed by atoms with Crippen molar-refractivity contribution in [3.05, 3.63) is 28.4 Å². The minimum atomic E-state index is -0.156. The average molecular weight is 278 g/mol. The zero-order valence-corrected chi connectivity index (χ0v) is 11.3. The van der Waals surface area contributed by atoms with Gasteiger partial charge in [-0.3, -0.25) is 4.57 Å². The van der Waals surface area contributed by atoms with Gasteiger partial charge in [-0.25, -0.2) is 19.9 Å². The van der Waals surface area contributed by atoms with Gasteiger partial charge < -0.3 is 5.32 Å². The van der Waals surface area contributed by atoms with E-state index in [1.807, 2.05) is 7.05 Å². The molecule has 8 heteroatoms. The fourth-order valence-electron chi connectivity index (χ4n) is 1.79. The molecule has 0 aromatic carbocycles. The number of H-pyrrole nitrogens is 1. The predicted molar refractivity (Wildman–Crippen MR) is 70.0 cm³/mol. The standard InChI is InChI=1S/C11H14N6OS/c1-12-4-7-5-13-9(14-6-7)19-11-16-15-10(18)17(11)8-2-3-8/h5-6,8,12H,2-4H2,1H3,(H,15,18). The smallest absolute Gasteiger partial charge is 0.316 e. The van der Waals surface area contributed by atoms with Gasteiger partial charge in [0.05, 0.1) is 0 Å². The molecule has 0 aliphatic heterocycles. The van der Waals surface area contributed by atoms with Crippen molar-refractivity contribution in [2.45, 2.75) is 35.7 Å². The molecule has 0 spiro atoms. The van der Waals surface area contributed by atoms with Gasteiger partial charge in [0.1, 0.15) is 0 Å². The van der Waals surface area contributed by atoms with Gasteiger partial charge >= 0.3 is 5.69 Å². The van der Waals surface area contributed by atoms with E-state index in [0.717, 1.165) is 24.9 Å². The van der Waals surface area contributed by atoms with Gasteiger partial charge in [-0.1, -0.05) is 0 Å². The van der Waals surface area contributed by atoms with Crippen LogP contribution in [0.15, 0.2) is 27.5 Å². The van der Waals surface area contributed by atoms with Crippen molar-refractivity contribution in [3.63, 3.8) is 0 Å². The van der Waals surface area contributed by atoms with Crippen LogP contribution >= 0.6 is 11.8 Å². The topological polar surface area (TPSA) is 88.5 Å². The van der Waals surface area contributed by atoms with Gasteiger partial charge in [-0.05, 0) is 31.7 Å². The second-order valence-corrected chi connectivity index (χ2v) is 5.35. The molecule has 19 heavy (non-hydrogen) atoms. The van der Waals surface area contributed by atoms with Crippen molar-refractivity contribution in [2.75, 3.05) is 7.05 Å². The Hall–Kier alpha value is -1.67. The molecule has 1 fully saturated rings. The van der Waals surface area contributed by atoms with E-state index in [-0.39, 0.29) is 11.7 Å². The molecule has 0 bridgehead atoms. The zero-order chi connectivity index (χ0) is 13.2. The summed E-state index contributed by atoms with van der Waals surface area (Å²) < 4.78 is 1.69. The van der Waals surface area contributed by atoms with Crippen LogP contribution < -0.4 is 11.0 Å². The van der Waals surface area contributed by atoms with Crippen LogP contribution in [0, 0.1) is 0 Å². The Morgan fingerprint density at radius 3 is 2.84 bits per heavy atom. The van der Waals surface area contributed by atoms with Crippen LogP contribution in [0.2, 0.25) is 0 Å². The Balaban J connectivity index is 1.79. The molecule has 0 amide bonds. The summed E-state index contributed by atoms with van der Waals surface area (Å²) in [5.41, 5.74) is 0.866. The van der Waals surface area contributed by atoms with Crippen LogP contribution in [0.4, 0.5) is 0 Å². The highest BCUT2D eigenvalue weighted by Crippen LogP contribution is 2.36. The van der Waals surface area contributed by atoms with Crippen molar-refractivity contribution in [1.29, 1.82) is 0 Å². The SMILES string of the molecule is CNCc1cnc(Sc2n[nH]c(=O)n2C2CC2)nc1. The van der Waals surface area contributed by atoms with E-state index in [2.05, 4.69) is 25.5 Å². The van der Waals surface area contributed by atoms with Gasteiger partial charge in [-0.15, -0.1) is 5.10 Å². The molecule has 0 atom stereocenters. The van der Waals surface area contributed by atoms with E-state index < -0.39 is 0 Å². The lowest BCUT2D eigenvalue weighted by atomic mass is 10.3. The molecule has 7 nitrogen and oxygen atoms in total. The van der Waals surface area contributed by atoms with Crippen molar-refractivity contribution in [2.24, 2.45) is 0 Å². The maximum atomic E-state index is 11.6. The first-order valence-electron chi connectivity index (χ1n) is 6.08. The van der Waals surface area contributed by atoms with Crippen molar-refractivity contribution < 1.29 is 0 Å². The number of hydrogen-bond acceptors (Lipinski definition) is 6. The Labute approximate surface area is 113 Å². The third-order valence-corrected chi connectivity index (χ3v) is 3.69. The van der Waals surface area contributed by atoms with E-state index >= 15 is 0 Å². The Morgan fingerprint density at radius 2 is 2.21 bits per heavy atom. The largest absolute Gasteiger partial charge is 0.344 e. The number of nitrogens with zero attached hydrogens (tertiary/aromatic N) is 4. The van der Waals surface area contributed by atoms with Gasteiger partial charge in [0.2, 0.25) is 0 Å². The molecular weight excluding hydrogens is 264 g/mol. The molecule has 2 heterocycles. The molecule has 3 rings (SSSR count). The second-order valence-electron chi connectivity index (χ2n) is 4.42. The number of aromatic amines is 1. The molecule has 0 saturated heterocycles. The Kier molecular flexibility index (Phi) is 3.34. The van der Waals surface area contributed by atoms with Crippen LogP contribution in [-0.4, -0.2) is 31.8 Å². The molecule has 100 valence electrons. The zero-order valence-electron chi connectivity index (χ0n) is 10.5. The molecule has 1 saturated carbocycles. The minimum absolute atomic E-state index is 0.156. The molecule has 2 aromatic heterocycles. The quantitative estimate of drug-likeness (QED) is 0.777. The number of nitrogens with one attached hydrogen (secondary N) is 2. The summed E-state index contributed by atoms with van der Waals surface area (Å²) in [6, 6.07) is 0.289. The fourth-order valence-corrected chi connectivity index (χ4v) is 2.59. The van der Waals surface area contributed by atoms with Crippen molar-refractivity contribution in [1.82, 2.24) is 30.0 Å². The lowest BCUT2D eigenvalue weighted by Crippen LogP contribution is -2.16. The highest BCUT2D eigenvalue weighted by Gasteiger charge is 2.29. The van der Waals surface area contributed by atoms with E-state index in [1.54, 1.807) is 17.0 Å². The van der Waals surface area contributed by atoms with Crippen LogP contribution in [0.1, 0.15) is 24.4 Å². The summed E-state index contributed by atoms with van der Waals surface area (Å²) in [6.07, 6.45) is 5.63. The predicted octanol–water partition coefficient (Wildman–Crippen LogP) is 0.567. The average Bonchev–Trinajstić information content (AvgIpc) is 3.18. The first-order valence-corrected chi connectivity index (χ1v) is 6.90. The van der Waals surface area contributed by atoms with Crippen LogP contribution in [-0.2, 0) is 6.54 Å². The first kappa shape index (κ1) is 12.4. The normalized spacial score (nSPS) is 14.8. The summed E-state index contributed by atoms with van der Waals surface area (Å²) in [5.74, 6) is 0. The van der Waals surface area contributed by atoms with Crippen LogP contribution in [0.25, 0.3) is 0 Å². The Bertz CT molecular complexity index is 615. The molecule has 1 aliphatic rings. The molecule has 2 N–H and O–H groups in total. The highest BCUT2D eigenvalue weighted by atomic mass is 32.2. The fraction of sp³-hybridized carbons (Fsp3) is 0.455. The van der Waals surface area contributed by atoms with E-state index in [9.17, 15) is 4.79 Å².